The third-order valence-corrected chi connectivity index (χ3v) is 5.11. The van der Waals surface area contributed by atoms with Gasteiger partial charge in [-0.2, -0.15) is 0 Å². The minimum atomic E-state index is -0.253. The third kappa shape index (κ3) is 3.83. The number of fused-ring (bicyclic) bond motifs is 2. The van der Waals surface area contributed by atoms with Crippen LogP contribution < -0.4 is 0 Å². The smallest absolute Gasteiger partial charge is 0.333 e. The first-order valence-electron chi connectivity index (χ1n) is 8.27. The van der Waals surface area contributed by atoms with Gasteiger partial charge in [0.25, 0.3) is 0 Å². The van der Waals surface area contributed by atoms with E-state index in [-0.39, 0.29) is 30.2 Å². The highest BCUT2D eigenvalue weighted by Crippen LogP contribution is 2.37. The number of carbonyl (C=O) groups is 2. The van der Waals surface area contributed by atoms with Crippen LogP contribution in [-0.2, 0) is 19.1 Å². The number of rotatable bonds is 4. The highest BCUT2D eigenvalue weighted by Gasteiger charge is 2.47. The molecule has 2 aliphatic rings. The van der Waals surface area contributed by atoms with E-state index in [0.29, 0.717) is 23.6 Å². The zero-order valence-electron chi connectivity index (χ0n) is 14.7. The Labute approximate surface area is 138 Å². The highest BCUT2D eigenvalue weighted by molar-refractivity contribution is 5.88. The molecule has 2 rings (SSSR count). The standard InChI is InChI=1S/C18H27NO4/c1-6-11(3)17(20)22-14-8-13-9-16(15(10-14)19(13)5)23-18(21)12(4)7-2/h6-7,13-16H,8-10H2,1-5H3/b11-6+,12-7+. The van der Waals surface area contributed by atoms with Gasteiger partial charge >= 0.3 is 11.9 Å². The van der Waals surface area contributed by atoms with Gasteiger partial charge in [0.2, 0.25) is 0 Å². The molecule has 2 fully saturated rings. The number of carbonyl (C=O) groups excluding carboxylic acids is 2. The number of piperidine rings is 1. The number of hydrogen-bond acceptors (Lipinski definition) is 5. The van der Waals surface area contributed by atoms with E-state index in [0.717, 1.165) is 12.8 Å². The van der Waals surface area contributed by atoms with Gasteiger partial charge in [0.1, 0.15) is 12.2 Å². The van der Waals surface area contributed by atoms with E-state index < -0.39 is 0 Å². The molecule has 128 valence electrons. The van der Waals surface area contributed by atoms with Crippen molar-refractivity contribution in [2.24, 2.45) is 0 Å². The van der Waals surface area contributed by atoms with E-state index in [1.807, 2.05) is 13.8 Å². The molecule has 2 aliphatic heterocycles. The van der Waals surface area contributed by atoms with Crippen LogP contribution >= 0.6 is 0 Å². The maximum atomic E-state index is 12.0. The number of ether oxygens (including phenoxy) is 2. The molecule has 0 spiro atoms. The van der Waals surface area contributed by atoms with Gasteiger partial charge in [-0.15, -0.1) is 0 Å². The molecule has 0 aromatic rings. The summed E-state index contributed by atoms with van der Waals surface area (Å²) in [5.74, 6) is -0.503. The lowest BCUT2D eigenvalue weighted by atomic mass is 10.00. The van der Waals surface area contributed by atoms with Crippen molar-refractivity contribution in [2.75, 3.05) is 7.05 Å². The molecule has 0 aliphatic carbocycles. The molecule has 0 radical (unpaired) electrons. The molecule has 4 atom stereocenters. The molecule has 0 aromatic carbocycles. The van der Waals surface area contributed by atoms with E-state index in [1.54, 1.807) is 26.0 Å². The van der Waals surface area contributed by atoms with Crippen molar-refractivity contribution < 1.29 is 19.1 Å². The number of esters is 2. The van der Waals surface area contributed by atoms with Crippen LogP contribution in [0.25, 0.3) is 0 Å². The molecular formula is C18H27NO4. The largest absolute Gasteiger partial charge is 0.459 e. The van der Waals surface area contributed by atoms with Crippen LogP contribution in [-0.4, -0.2) is 48.2 Å². The second kappa shape index (κ2) is 7.30. The van der Waals surface area contributed by atoms with Crippen molar-refractivity contribution in [2.45, 2.75) is 71.2 Å². The minimum Gasteiger partial charge on any atom is -0.459 e. The number of nitrogens with zero attached hydrogens (tertiary/aromatic N) is 1. The minimum absolute atomic E-state index is 0.102. The van der Waals surface area contributed by atoms with E-state index in [9.17, 15) is 9.59 Å². The fourth-order valence-corrected chi connectivity index (χ4v) is 3.31. The number of allylic oxidation sites excluding steroid dienone is 2. The molecular weight excluding hydrogens is 294 g/mol. The van der Waals surface area contributed by atoms with Gasteiger partial charge in [0.15, 0.2) is 0 Å². The molecule has 2 bridgehead atoms. The fraction of sp³-hybridized carbons (Fsp3) is 0.667. The molecule has 5 nitrogen and oxygen atoms in total. The first kappa shape index (κ1) is 17.7. The zero-order valence-corrected chi connectivity index (χ0v) is 14.7. The SMILES string of the molecule is C/C=C(\C)C(=O)OC1CC2CC(OC(=O)/C(C)=C/C)C(C1)N2C. The normalized spacial score (nSPS) is 31.9. The summed E-state index contributed by atoms with van der Waals surface area (Å²) >= 11 is 0. The lowest BCUT2D eigenvalue weighted by molar-refractivity contribution is -0.151. The van der Waals surface area contributed by atoms with Gasteiger partial charge in [-0.05, 0) is 34.7 Å². The molecule has 0 amide bonds. The van der Waals surface area contributed by atoms with Crippen molar-refractivity contribution in [1.29, 1.82) is 0 Å². The van der Waals surface area contributed by atoms with Crippen LogP contribution in [0.5, 0.6) is 0 Å². The summed E-state index contributed by atoms with van der Waals surface area (Å²) in [5.41, 5.74) is 1.25. The molecule has 2 heterocycles. The zero-order chi connectivity index (χ0) is 17.1. The summed E-state index contributed by atoms with van der Waals surface area (Å²) in [5, 5.41) is 0. The molecule has 4 unspecified atom stereocenters. The Kier molecular flexibility index (Phi) is 5.63. The lowest BCUT2D eigenvalue weighted by Gasteiger charge is -2.36. The third-order valence-electron chi connectivity index (χ3n) is 5.11. The van der Waals surface area contributed by atoms with Gasteiger partial charge in [0, 0.05) is 36.5 Å². The second-order valence-corrected chi connectivity index (χ2v) is 6.51. The molecule has 0 aromatic heterocycles. The van der Waals surface area contributed by atoms with Crippen LogP contribution in [0.4, 0.5) is 0 Å². The van der Waals surface area contributed by atoms with Crippen LogP contribution in [0.1, 0.15) is 47.0 Å². The monoisotopic (exact) mass is 321 g/mol. The van der Waals surface area contributed by atoms with Gasteiger partial charge in [-0.25, -0.2) is 9.59 Å². The second-order valence-electron chi connectivity index (χ2n) is 6.51. The van der Waals surface area contributed by atoms with E-state index in [1.165, 1.54) is 0 Å². The molecule has 0 saturated carbocycles. The maximum absolute atomic E-state index is 12.0. The molecule has 5 heteroatoms. The first-order chi connectivity index (χ1) is 10.9. The molecule has 23 heavy (non-hydrogen) atoms. The van der Waals surface area contributed by atoms with E-state index >= 15 is 0 Å². The van der Waals surface area contributed by atoms with Gasteiger partial charge < -0.3 is 9.47 Å². The summed E-state index contributed by atoms with van der Waals surface area (Å²) in [7, 11) is 2.06. The maximum Gasteiger partial charge on any atom is 0.333 e. The Hall–Kier alpha value is -1.62. The summed E-state index contributed by atoms with van der Waals surface area (Å²) in [4.78, 5) is 26.2. The quantitative estimate of drug-likeness (QED) is 0.588. The Morgan fingerprint density at radius 3 is 2.09 bits per heavy atom. The van der Waals surface area contributed by atoms with E-state index in [4.69, 9.17) is 9.47 Å². The summed E-state index contributed by atoms with van der Waals surface area (Å²) in [6.45, 7) is 7.18. The van der Waals surface area contributed by atoms with Crippen LogP contribution in [0, 0.1) is 0 Å². The van der Waals surface area contributed by atoms with Crippen LogP contribution in [0.15, 0.2) is 23.3 Å². The fourth-order valence-electron chi connectivity index (χ4n) is 3.31. The highest BCUT2D eigenvalue weighted by atomic mass is 16.6. The molecule has 2 saturated heterocycles. The van der Waals surface area contributed by atoms with Gasteiger partial charge in [-0.3, -0.25) is 4.90 Å². The van der Waals surface area contributed by atoms with Crippen molar-refractivity contribution in [3.8, 4) is 0 Å². The Morgan fingerprint density at radius 2 is 1.52 bits per heavy atom. The van der Waals surface area contributed by atoms with Crippen molar-refractivity contribution in [3.63, 3.8) is 0 Å². The average Bonchev–Trinajstić information content (AvgIpc) is 2.72. The average molecular weight is 321 g/mol. The predicted molar refractivity (Wildman–Crippen MR) is 87.8 cm³/mol. The summed E-state index contributed by atoms with van der Waals surface area (Å²) in [6, 6.07) is 0.409. The number of likely N-dealkylation sites (N-methyl/N-ethyl adjacent to an activating group) is 1. The van der Waals surface area contributed by atoms with Gasteiger partial charge in [0.05, 0.1) is 6.04 Å². The topological polar surface area (TPSA) is 55.8 Å². The lowest BCUT2D eigenvalue weighted by Crippen LogP contribution is -2.46. The van der Waals surface area contributed by atoms with Crippen molar-refractivity contribution in [1.82, 2.24) is 4.90 Å². The van der Waals surface area contributed by atoms with Crippen molar-refractivity contribution in [3.05, 3.63) is 23.3 Å². The summed E-state index contributed by atoms with van der Waals surface area (Å²) < 4.78 is 11.3. The Bertz CT molecular complexity index is 535. The predicted octanol–water partition coefficient (Wildman–Crippen LogP) is 2.61. The van der Waals surface area contributed by atoms with Gasteiger partial charge in [-0.1, -0.05) is 12.2 Å². The number of hydrogen-bond donors (Lipinski definition) is 0. The van der Waals surface area contributed by atoms with Crippen LogP contribution in [0.3, 0.4) is 0 Å². The molecule has 0 N–H and O–H groups in total. The summed E-state index contributed by atoms with van der Waals surface area (Å²) in [6.07, 6.45) is 5.61. The first-order valence-corrected chi connectivity index (χ1v) is 8.27. The van der Waals surface area contributed by atoms with Crippen molar-refractivity contribution >= 4 is 11.9 Å². The van der Waals surface area contributed by atoms with E-state index in [2.05, 4.69) is 11.9 Å². The Balaban J connectivity index is 2.00. The van der Waals surface area contributed by atoms with Crippen LogP contribution in [0.2, 0.25) is 0 Å². The Morgan fingerprint density at radius 1 is 0.957 bits per heavy atom.